The number of carbonyl (C=O) groups is 1. The van der Waals surface area contributed by atoms with E-state index >= 15 is 0 Å². The number of hydrogen-bond acceptors (Lipinski definition) is 6. The molecule has 7 nitrogen and oxygen atoms in total. The van der Waals surface area contributed by atoms with Gasteiger partial charge in [0, 0.05) is 12.1 Å². The minimum Gasteiger partial charge on any atom is -0.493 e. The average Bonchev–Trinajstić information content (AvgIpc) is 2.92. The normalized spacial score (nSPS) is 11.3. The molecular formula is C31H33NO6. The number of benzene rings is 3. The first-order valence-electron chi connectivity index (χ1n) is 12.5. The molecule has 0 atom stereocenters. The van der Waals surface area contributed by atoms with Gasteiger partial charge in [0.05, 0.1) is 19.6 Å². The van der Waals surface area contributed by atoms with E-state index in [9.17, 15) is 9.59 Å². The molecule has 4 rings (SSSR count). The Bertz CT molecular complexity index is 1480. The number of ether oxygens (including phenoxy) is 3. The Morgan fingerprint density at radius 1 is 0.921 bits per heavy atom. The van der Waals surface area contributed by atoms with Gasteiger partial charge in [0.2, 0.25) is 11.2 Å². The second kappa shape index (κ2) is 11.4. The van der Waals surface area contributed by atoms with Gasteiger partial charge >= 0.3 is 0 Å². The van der Waals surface area contributed by atoms with Crippen molar-refractivity contribution in [1.29, 1.82) is 0 Å². The highest BCUT2D eigenvalue weighted by Gasteiger charge is 2.20. The minimum absolute atomic E-state index is 0.0160. The van der Waals surface area contributed by atoms with Crippen LogP contribution >= 0.6 is 0 Å². The standard InChI is InChI=1S/C31H33NO6/c1-31(2,3)22-13-11-21(12-14-22)29-30(28(34)23-8-6-7-9-24(23)38-29)37-19-27(33)32-17-16-20-10-15-25(35-4)26(18-20)36-5/h6-15,18H,16-17,19H2,1-5H3,(H,32,33). The van der Waals surface area contributed by atoms with Crippen molar-refractivity contribution >= 4 is 16.9 Å². The van der Waals surface area contributed by atoms with E-state index < -0.39 is 0 Å². The van der Waals surface area contributed by atoms with Crippen LogP contribution in [0.5, 0.6) is 17.2 Å². The van der Waals surface area contributed by atoms with Crippen molar-refractivity contribution in [2.24, 2.45) is 0 Å². The maximum absolute atomic E-state index is 13.3. The molecule has 0 saturated heterocycles. The van der Waals surface area contributed by atoms with Crippen molar-refractivity contribution in [3.63, 3.8) is 0 Å². The lowest BCUT2D eigenvalue weighted by molar-refractivity contribution is -0.123. The van der Waals surface area contributed by atoms with Crippen LogP contribution < -0.4 is 25.0 Å². The van der Waals surface area contributed by atoms with Gasteiger partial charge in [0.25, 0.3) is 5.91 Å². The Hall–Kier alpha value is -4.26. The maximum Gasteiger partial charge on any atom is 0.257 e. The summed E-state index contributed by atoms with van der Waals surface area (Å²) in [6.07, 6.45) is 0.593. The van der Waals surface area contributed by atoms with Gasteiger partial charge in [-0.2, -0.15) is 0 Å². The molecule has 38 heavy (non-hydrogen) atoms. The highest BCUT2D eigenvalue weighted by molar-refractivity contribution is 5.83. The fourth-order valence-electron chi connectivity index (χ4n) is 4.14. The second-order valence-corrected chi connectivity index (χ2v) is 9.99. The summed E-state index contributed by atoms with van der Waals surface area (Å²) in [6, 6.07) is 20.5. The van der Waals surface area contributed by atoms with Crippen LogP contribution in [-0.4, -0.2) is 33.3 Å². The summed E-state index contributed by atoms with van der Waals surface area (Å²) in [4.78, 5) is 25.9. The summed E-state index contributed by atoms with van der Waals surface area (Å²) in [5.74, 6) is 1.25. The highest BCUT2D eigenvalue weighted by Crippen LogP contribution is 2.33. The Balaban J connectivity index is 1.50. The Kier molecular flexibility index (Phi) is 8.05. The first-order valence-corrected chi connectivity index (χ1v) is 12.5. The number of para-hydroxylation sites is 1. The number of amides is 1. The molecule has 0 fully saturated rings. The van der Waals surface area contributed by atoms with Crippen LogP contribution in [0, 0.1) is 0 Å². The van der Waals surface area contributed by atoms with E-state index in [0.717, 1.165) is 11.1 Å². The summed E-state index contributed by atoms with van der Waals surface area (Å²) in [6.45, 7) is 6.48. The second-order valence-electron chi connectivity index (χ2n) is 9.99. The number of carbonyl (C=O) groups excluding carboxylic acids is 1. The van der Waals surface area contributed by atoms with Crippen LogP contribution in [-0.2, 0) is 16.6 Å². The number of nitrogens with one attached hydrogen (secondary N) is 1. The molecular weight excluding hydrogens is 482 g/mol. The Morgan fingerprint density at radius 2 is 1.63 bits per heavy atom. The number of methoxy groups -OCH3 is 2. The molecule has 1 N–H and O–H groups in total. The SMILES string of the molecule is COc1ccc(CCNC(=O)COc2c(-c3ccc(C(C)(C)C)cc3)oc3ccccc3c2=O)cc1OC. The van der Waals surface area contributed by atoms with Crippen molar-refractivity contribution in [1.82, 2.24) is 5.32 Å². The van der Waals surface area contributed by atoms with Gasteiger partial charge < -0.3 is 23.9 Å². The van der Waals surface area contributed by atoms with Crippen molar-refractivity contribution in [2.45, 2.75) is 32.6 Å². The largest absolute Gasteiger partial charge is 0.493 e. The molecule has 198 valence electrons. The number of fused-ring (bicyclic) bond motifs is 1. The molecule has 0 bridgehead atoms. The van der Waals surface area contributed by atoms with Crippen LogP contribution in [0.4, 0.5) is 0 Å². The lowest BCUT2D eigenvalue weighted by Gasteiger charge is -2.19. The topological polar surface area (TPSA) is 87.0 Å². The number of rotatable bonds is 9. The summed E-state index contributed by atoms with van der Waals surface area (Å²) in [7, 11) is 3.16. The zero-order valence-electron chi connectivity index (χ0n) is 22.4. The predicted molar refractivity (Wildman–Crippen MR) is 148 cm³/mol. The molecule has 0 spiro atoms. The number of hydrogen-bond donors (Lipinski definition) is 1. The summed E-state index contributed by atoms with van der Waals surface area (Å²) < 4.78 is 22.5. The van der Waals surface area contributed by atoms with Gasteiger partial charge in [-0.05, 0) is 47.2 Å². The molecule has 1 heterocycles. The van der Waals surface area contributed by atoms with E-state index in [1.165, 1.54) is 0 Å². The molecule has 0 aliphatic rings. The third-order valence-corrected chi connectivity index (χ3v) is 6.30. The lowest BCUT2D eigenvalue weighted by atomic mass is 9.86. The van der Waals surface area contributed by atoms with Crippen LogP contribution in [0.1, 0.15) is 31.9 Å². The first kappa shape index (κ1) is 26.8. The van der Waals surface area contributed by atoms with Crippen molar-refractivity contribution in [3.05, 3.63) is 88.1 Å². The fourth-order valence-corrected chi connectivity index (χ4v) is 4.14. The lowest BCUT2D eigenvalue weighted by Crippen LogP contribution is -2.31. The summed E-state index contributed by atoms with van der Waals surface area (Å²) in [5.41, 5.74) is 2.96. The molecule has 0 radical (unpaired) electrons. The molecule has 0 saturated carbocycles. The molecule has 0 aliphatic carbocycles. The van der Waals surface area contributed by atoms with Gasteiger partial charge in [0.1, 0.15) is 5.58 Å². The van der Waals surface area contributed by atoms with E-state index in [4.69, 9.17) is 18.6 Å². The quantitative estimate of drug-likeness (QED) is 0.316. The molecule has 4 aromatic rings. The molecule has 0 unspecified atom stereocenters. The molecule has 7 heteroatoms. The van der Waals surface area contributed by atoms with Crippen LogP contribution in [0.25, 0.3) is 22.3 Å². The van der Waals surface area contributed by atoms with E-state index in [0.29, 0.717) is 46.8 Å². The van der Waals surface area contributed by atoms with Crippen LogP contribution in [0.2, 0.25) is 0 Å². The van der Waals surface area contributed by atoms with Gasteiger partial charge in [-0.3, -0.25) is 9.59 Å². The monoisotopic (exact) mass is 515 g/mol. The summed E-state index contributed by atoms with van der Waals surface area (Å²) >= 11 is 0. The first-order chi connectivity index (χ1) is 18.2. The van der Waals surface area contributed by atoms with Crippen molar-refractivity contribution in [3.8, 4) is 28.6 Å². The Labute approximate surface area is 222 Å². The van der Waals surface area contributed by atoms with E-state index in [2.05, 4.69) is 26.1 Å². The molecule has 1 aromatic heterocycles. The summed E-state index contributed by atoms with van der Waals surface area (Å²) in [5, 5.41) is 3.23. The predicted octanol–water partition coefficient (Wildman–Crippen LogP) is 5.51. The average molecular weight is 516 g/mol. The molecule has 1 amide bonds. The van der Waals surface area contributed by atoms with E-state index in [1.807, 2.05) is 48.5 Å². The van der Waals surface area contributed by atoms with Gasteiger partial charge in [-0.15, -0.1) is 0 Å². The molecule has 0 aliphatic heterocycles. The van der Waals surface area contributed by atoms with E-state index in [-0.39, 0.29) is 29.1 Å². The van der Waals surface area contributed by atoms with Gasteiger partial charge in [-0.25, -0.2) is 0 Å². The molecule has 3 aromatic carbocycles. The van der Waals surface area contributed by atoms with Crippen molar-refractivity contribution < 1.29 is 23.4 Å². The highest BCUT2D eigenvalue weighted by atomic mass is 16.5. The minimum atomic E-state index is -0.341. The third-order valence-electron chi connectivity index (χ3n) is 6.30. The maximum atomic E-state index is 13.3. The van der Waals surface area contributed by atoms with Crippen LogP contribution in [0.3, 0.4) is 0 Å². The van der Waals surface area contributed by atoms with Crippen LogP contribution in [0.15, 0.2) is 75.9 Å². The van der Waals surface area contributed by atoms with Gasteiger partial charge in [0.15, 0.2) is 23.9 Å². The van der Waals surface area contributed by atoms with Crippen molar-refractivity contribution in [2.75, 3.05) is 27.4 Å². The van der Waals surface area contributed by atoms with E-state index in [1.54, 1.807) is 32.4 Å². The smallest absolute Gasteiger partial charge is 0.257 e. The Morgan fingerprint density at radius 3 is 2.32 bits per heavy atom. The fraction of sp³-hybridized carbons (Fsp3) is 0.290. The zero-order valence-corrected chi connectivity index (χ0v) is 22.4. The van der Waals surface area contributed by atoms with Gasteiger partial charge in [-0.1, -0.05) is 63.2 Å². The third kappa shape index (κ3) is 5.99. The zero-order chi connectivity index (χ0) is 27.3.